The molecule has 1 aromatic rings. The van der Waals surface area contributed by atoms with Gasteiger partial charge in [0.1, 0.15) is 11.6 Å². The minimum absolute atomic E-state index is 0.161. The molecule has 2 aliphatic rings. The number of carbonyl (C=O) groups excluding carboxylic acids is 5. The highest BCUT2D eigenvalue weighted by Gasteiger charge is 2.34. The number of ether oxygens (including phenoxy) is 1. The number of unbranched alkanes of at least 4 members (excludes halogenated alkanes) is 1. The Bertz CT molecular complexity index is 1050. The molecule has 4 amide bonds. The highest BCUT2D eigenvalue weighted by atomic mass is 32.2. The summed E-state index contributed by atoms with van der Waals surface area (Å²) < 4.78 is 8.71. The van der Waals surface area contributed by atoms with Crippen LogP contribution < -0.4 is 15.4 Å². The first-order valence-corrected chi connectivity index (χ1v) is 13.7. The summed E-state index contributed by atoms with van der Waals surface area (Å²) >= 11 is 1.64. The number of imide groups is 1. The van der Waals surface area contributed by atoms with Crippen molar-refractivity contribution in [2.45, 2.75) is 63.3 Å². The standard InChI is InChI=1S/C26H37N5O6S/c1-26(2,3)37-25(36)31-14-19(15-31)38-28-12-6-5-11-27-18-8-7-17(16-32)20(13-18)24(35)30(4)21-9-10-22(33)29-23(21)34/h7-8,13,16,19,21,27-28H,5-6,9-12,14-15H2,1-4H3,(H,29,33,34). The molecule has 208 valence electrons. The number of carbonyl (C=O) groups is 5. The fourth-order valence-corrected chi connectivity index (χ4v) is 5.06. The zero-order valence-corrected chi connectivity index (χ0v) is 23.2. The SMILES string of the molecule is CN(C(=O)c1cc(NCCCCNSC2CN(C(=O)OC(C)(C)C)C2)ccc1C=O)C1CCC(=O)NC1=O. The van der Waals surface area contributed by atoms with Crippen LogP contribution in [0.5, 0.6) is 0 Å². The number of rotatable bonds is 11. The Morgan fingerprint density at radius 1 is 1.21 bits per heavy atom. The van der Waals surface area contributed by atoms with Gasteiger partial charge in [-0.25, -0.2) is 4.79 Å². The maximum atomic E-state index is 13.1. The molecule has 38 heavy (non-hydrogen) atoms. The number of piperidine rings is 1. The zero-order valence-electron chi connectivity index (χ0n) is 22.4. The molecule has 0 aliphatic carbocycles. The van der Waals surface area contributed by atoms with Gasteiger partial charge in [-0.3, -0.25) is 29.2 Å². The molecular weight excluding hydrogens is 510 g/mol. The molecule has 0 spiro atoms. The van der Waals surface area contributed by atoms with E-state index in [1.54, 1.807) is 35.0 Å². The van der Waals surface area contributed by atoms with Crippen molar-refractivity contribution in [2.75, 3.05) is 38.5 Å². The van der Waals surface area contributed by atoms with E-state index in [9.17, 15) is 24.0 Å². The van der Waals surface area contributed by atoms with Crippen LogP contribution in [0.25, 0.3) is 0 Å². The molecule has 1 atom stereocenters. The fourth-order valence-electron chi connectivity index (χ4n) is 4.06. The van der Waals surface area contributed by atoms with Gasteiger partial charge in [-0.05, 0) is 58.2 Å². The summed E-state index contributed by atoms with van der Waals surface area (Å²) in [6.07, 6.45) is 2.57. The number of nitrogens with one attached hydrogen (secondary N) is 3. The Balaban J connectivity index is 1.37. The molecular formula is C26H37N5O6S. The summed E-state index contributed by atoms with van der Waals surface area (Å²) in [7, 11) is 1.50. The molecule has 2 fully saturated rings. The van der Waals surface area contributed by atoms with E-state index in [4.69, 9.17) is 4.74 Å². The van der Waals surface area contributed by atoms with Gasteiger partial charge in [0.25, 0.3) is 5.91 Å². The Morgan fingerprint density at radius 2 is 1.92 bits per heavy atom. The number of nitrogens with zero attached hydrogens (tertiary/aromatic N) is 2. The molecule has 1 aromatic carbocycles. The second kappa shape index (κ2) is 13.1. The number of likely N-dealkylation sites (tertiary alicyclic amines) is 1. The van der Waals surface area contributed by atoms with E-state index in [2.05, 4.69) is 15.4 Å². The van der Waals surface area contributed by atoms with Crippen LogP contribution in [0.1, 0.15) is 67.2 Å². The van der Waals surface area contributed by atoms with Gasteiger partial charge < -0.3 is 19.9 Å². The summed E-state index contributed by atoms with van der Waals surface area (Å²) in [5.74, 6) is -1.32. The molecule has 3 N–H and O–H groups in total. The van der Waals surface area contributed by atoms with Crippen molar-refractivity contribution in [3.05, 3.63) is 29.3 Å². The van der Waals surface area contributed by atoms with E-state index >= 15 is 0 Å². The lowest BCUT2D eigenvalue weighted by molar-refractivity contribution is -0.136. The predicted octanol–water partition coefficient (Wildman–Crippen LogP) is 2.43. The first kappa shape index (κ1) is 29.4. The smallest absolute Gasteiger partial charge is 0.410 e. The minimum Gasteiger partial charge on any atom is -0.444 e. The highest BCUT2D eigenvalue weighted by Crippen LogP contribution is 2.23. The molecule has 12 heteroatoms. The van der Waals surface area contributed by atoms with E-state index in [1.165, 1.54) is 11.9 Å². The molecule has 3 rings (SSSR count). The number of hydrogen-bond acceptors (Lipinski definition) is 9. The summed E-state index contributed by atoms with van der Waals surface area (Å²) in [6.45, 7) is 8.41. The average Bonchev–Trinajstić information content (AvgIpc) is 2.82. The van der Waals surface area contributed by atoms with Crippen LogP contribution >= 0.6 is 11.9 Å². The molecule has 1 unspecified atom stereocenters. The van der Waals surface area contributed by atoms with Gasteiger partial charge in [0.2, 0.25) is 11.8 Å². The predicted molar refractivity (Wildman–Crippen MR) is 145 cm³/mol. The molecule has 2 saturated heterocycles. The number of aldehydes is 1. The van der Waals surface area contributed by atoms with Crippen LogP contribution in [-0.2, 0) is 14.3 Å². The Hall–Kier alpha value is -3.12. The normalized spacial score (nSPS) is 17.9. The topological polar surface area (TPSA) is 137 Å². The van der Waals surface area contributed by atoms with Gasteiger partial charge in [0, 0.05) is 50.9 Å². The van der Waals surface area contributed by atoms with Crippen molar-refractivity contribution in [1.29, 1.82) is 0 Å². The molecule has 0 bridgehead atoms. The van der Waals surface area contributed by atoms with Gasteiger partial charge in [0.15, 0.2) is 6.29 Å². The van der Waals surface area contributed by atoms with Crippen LogP contribution in [0, 0.1) is 0 Å². The summed E-state index contributed by atoms with van der Waals surface area (Å²) in [5, 5.41) is 5.88. The van der Waals surface area contributed by atoms with E-state index < -0.39 is 23.5 Å². The first-order valence-electron chi connectivity index (χ1n) is 12.8. The zero-order chi connectivity index (χ0) is 27.9. The van der Waals surface area contributed by atoms with Crippen LogP contribution in [0.4, 0.5) is 10.5 Å². The third kappa shape index (κ3) is 8.19. The van der Waals surface area contributed by atoms with Gasteiger partial charge in [-0.2, -0.15) is 0 Å². The Morgan fingerprint density at radius 3 is 2.58 bits per heavy atom. The third-order valence-corrected chi connectivity index (χ3v) is 7.20. The number of amides is 4. The minimum atomic E-state index is -0.762. The van der Waals surface area contributed by atoms with Crippen molar-refractivity contribution in [1.82, 2.24) is 19.8 Å². The van der Waals surface area contributed by atoms with Crippen LogP contribution in [-0.4, -0.2) is 90.0 Å². The molecule has 0 radical (unpaired) electrons. The van der Waals surface area contributed by atoms with E-state index in [0.717, 1.165) is 19.4 Å². The van der Waals surface area contributed by atoms with Crippen molar-refractivity contribution < 1.29 is 28.7 Å². The Kier molecular flexibility index (Phi) is 10.1. The van der Waals surface area contributed by atoms with Crippen molar-refractivity contribution in [3.8, 4) is 0 Å². The molecule has 11 nitrogen and oxygen atoms in total. The fraction of sp³-hybridized carbons (Fsp3) is 0.577. The molecule has 2 heterocycles. The highest BCUT2D eigenvalue weighted by molar-refractivity contribution is 7.98. The van der Waals surface area contributed by atoms with Crippen LogP contribution in [0.2, 0.25) is 0 Å². The number of likely N-dealkylation sites (N-methyl/N-ethyl adjacent to an activating group) is 1. The van der Waals surface area contributed by atoms with E-state index in [1.807, 2.05) is 20.8 Å². The van der Waals surface area contributed by atoms with Crippen LogP contribution in [0.3, 0.4) is 0 Å². The summed E-state index contributed by atoms with van der Waals surface area (Å²) in [6, 6.07) is 4.18. The summed E-state index contributed by atoms with van der Waals surface area (Å²) in [5.41, 5.74) is 0.662. The molecule has 0 saturated carbocycles. The van der Waals surface area contributed by atoms with Crippen molar-refractivity contribution in [2.24, 2.45) is 0 Å². The maximum Gasteiger partial charge on any atom is 0.410 e. The average molecular weight is 548 g/mol. The van der Waals surface area contributed by atoms with Crippen molar-refractivity contribution in [3.63, 3.8) is 0 Å². The van der Waals surface area contributed by atoms with Gasteiger partial charge in [-0.15, -0.1) is 0 Å². The lowest BCUT2D eigenvalue weighted by Crippen LogP contribution is -2.54. The van der Waals surface area contributed by atoms with Gasteiger partial charge >= 0.3 is 6.09 Å². The lowest BCUT2D eigenvalue weighted by atomic mass is 10.0. The lowest BCUT2D eigenvalue weighted by Gasteiger charge is -2.39. The monoisotopic (exact) mass is 547 g/mol. The second-order valence-corrected chi connectivity index (χ2v) is 11.6. The van der Waals surface area contributed by atoms with Gasteiger partial charge in [-0.1, -0.05) is 11.9 Å². The Labute approximate surface area is 227 Å². The maximum absolute atomic E-state index is 13.1. The quantitative estimate of drug-likeness (QED) is 0.165. The summed E-state index contributed by atoms with van der Waals surface area (Å²) in [4.78, 5) is 63.2. The largest absolute Gasteiger partial charge is 0.444 e. The number of benzene rings is 1. The number of anilines is 1. The van der Waals surface area contributed by atoms with Gasteiger partial charge in [0.05, 0.1) is 10.8 Å². The van der Waals surface area contributed by atoms with E-state index in [0.29, 0.717) is 36.9 Å². The van der Waals surface area contributed by atoms with E-state index in [-0.39, 0.29) is 36.0 Å². The third-order valence-electron chi connectivity index (χ3n) is 6.19. The molecule has 2 aliphatic heterocycles. The van der Waals surface area contributed by atoms with Crippen LogP contribution in [0.15, 0.2) is 18.2 Å². The van der Waals surface area contributed by atoms with Crippen molar-refractivity contribution >= 4 is 47.7 Å². The molecule has 0 aromatic heterocycles. The second-order valence-electron chi connectivity index (χ2n) is 10.5. The number of hydrogen-bond donors (Lipinski definition) is 3. The first-order chi connectivity index (χ1) is 18.0.